The number of aromatic nitrogens is 3. The third kappa shape index (κ3) is 6.30. The van der Waals surface area contributed by atoms with Crippen LogP contribution in [0, 0.1) is 6.92 Å². The maximum atomic E-state index is 12.8. The van der Waals surface area contributed by atoms with Crippen LogP contribution in [0.2, 0.25) is 0 Å². The van der Waals surface area contributed by atoms with E-state index in [4.69, 9.17) is 14.2 Å². The second-order valence-corrected chi connectivity index (χ2v) is 9.79. The normalized spacial score (nSPS) is 10.7. The molecule has 4 aromatic rings. The van der Waals surface area contributed by atoms with E-state index in [1.54, 1.807) is 11.7 Å². The molecule has 9 nitrogen and oxygen atoms in total. The molecule has 37 heavy (non-hydrogen) atoms. The van der Waals surface area contributed by atoms with E-state index >= 15 is 0 Å². The fraction of sp³-hybridized carbons (Fsp3) is 0.231. The molecule has 0 radical (unpaired) electrons. The topological polar surface area (TPSA) is 105 Å². The van der Waals surface area contributed by atoms with Crippen LogP contribution in [0.4, 0.5) is 5.00 Å². The first-order valence-electron chi connectivity index (χ1n) is 11.2. The molecular formula is C26H26N4O5S2. The third-order valence-electron chi connectivity index (χ3n) is 5.48. The second kappa shape index (κ2) is 11.9. The SMILES string of the molecule is COC(=O)c1c(-c2ccc(OC)cc2)csc1NC(=O)CSc1nnc(COc2ccc(C)cc2)n1C. The van der Waals surface area contributed by atoms with Crippen LogP contribution in [0.1, 0.15) is 21.7 Å². The van der Waals surface area contributed by atoms with Gasteiger partial charge in [0.2, 0.25) is 5.91 Å². The summed E-state index contributed by atoms with van der Waals surface area (Å²) in [7, 11) is 4.73. The van der Waals surface area contributed by atoms with Crippen LogP contribution in [0.15, 0.2) is 59.1 Å². The van der Waals surface area contributed by atoms with Crippen LogP contribution in [0.25, 0.3) is 11.1 Å². The molecule has 0 aliphatic carbocycles. The zero-order valence-corrected chi connectivity index (χ0v) is 22.4. The number of aryl methyl sites for hydroxylation is 1. The van der Waals surface area contributed by atoms with Gasteiger partial charge in [0.15, 0.2) is 11.0 Å². The quantitative estimate of drug-likeness (QED) is 0.223. The second-order valence-electron chi connectivity index (χ2n) is 7.97. The zero-order chi connectivity index (χ0) is 26.4. The highest BCUT2D eigenvalue weighted by molar-refractivity contribution is 7.99. The number of hydrogen-bond acceptors (Lipinski definition) is 9. The van der Waals surface area contributed by atoms with E-state index in [-0.39, 0.29) is 18.3 Å². The summed E-state index contributed by atoms with van der Waals surface area (Å²) in [4.78, 5) is 25.3. The molecule has 0 saturated heterocycles. The number of thiophene rings is 1. The van der Waals surface area contributed by atoms with Crippen LogP contribution in [0.5, 0.6) is 11.5 Å². The van der Waals surface area contributed by atoms with Crippen molar-refractivity contribution in [2.75, 3.05) is 25.3 Å². The van der Waals surface area contributed by atoms with Gasteiger partial charge < -0.3 is 24.1 Å². The molecule has 0 aliphatic rings. The summed E-state index contributed by atoms with van der Waals surface area (Å²) < 4.78 is 17.8. The molecule has 2 heterocycles. The largest absolute Gasteiger partial charge is 0.497 e. The van der Waals surface area contributed by atoms with Crippen molar-refractivity contribution < 1.29 is 23.8 Å². The average Bonchev–Trinajstić information content (AvgIpc) is 3.49. The van der Waals surface area contributed by atoms with Crippen LogP contribution in [-0.2, 0) is 23.2 Å². The number of thioether (sulfide) groups is 1. The molecule has 0 unspecified atom stereocenters. The van der Waals surface area contributed by atoms with Crippen molar-refractivity contribution in [2.45, 2.75) is 18.7 Å². The minimum atomic E-state index is -0.526. The van der Waals surface area contributed by atoms with Gasteiger partial charge in [-0.05, 0) is 36.8 Å². The molecule has 0 spiro atoms. The molecule has 0 bridgehead atoms. The van der Waals surface area contributed by atoms with Crippen molar-refractivity contribution in [3.05, 3.63) is 70.9 Å². The Morgan fingerprint density at radius 1 is 1.03 bits per heavy atom. The lowest BCUT2D eigenvalue weighted by Crippen LogP contribution is -2.16. The Morgan fingerprint density at radius 2 is 1.73 bits per heavy atom. The number of benzene rings is 2. The third-order valence-corrected chi connectivity index (χ3v) is 7.40. The van der Waals surface area contributed by atoms with E-state index < -0.39 is 5.97 Å². The summed E-state index contributed by atoms with van der Waals surface area (Å²) in [5.74, 6) is 1.37. The van der Waals surface area contributed by atoms with Crippen molar-refractivity contribution >= 4 is 40.0 Å². The number of amides is 1. The molecular weight excluding hydrogens is 512 g/mol. The summed E-state index contributed by atoms with van der Waals surface area (Å²) >= 11 is 2.51. The predicted octanol–water partition coefficient (Wildman–Crippen LogP) is 4.96. The van der Waals surface area contributed by atoms with Crippen LogP contribution in [0.3, 0.4) is 0 Å². The number of rotatable bonds is 10. The number of nitrogens with zero attached hydrogens (tertiary/aromatic N) is 3. The number of nitrogens with one attached hydrogen (secondary N) is 1. The molecule has 0 saturated carbocycles. The molecule has 4 rings (SSSR count). The van der Waals surface area contributed by atoms with E-state index in [2.05, 4.69) is 15.5 Å². The number of esters is 1. The van der Waals surface area contributed by atoms with Gasteiger partial charge in [0.05, 0.1) is 20.0 Å². The van der Waals surface area contributed by atoms with Crippen LogP contribution < -0.4 is 14.8 Å². The summed E-state index contributed by atoms with van der Waals surface area (Å²) in [5, 5.41) is 14.0. The van der Waals surface area contributed by atoms with E-state index in [0.717, 1.165) is 16.9 Å². The maximum Gasteiger partial charge on any atom is 0.341 e. The number of methoxy groups -OCH3 is 2. The van der Waals surface area contributed by atoms with E-state index in [1.807, 2.05) is 67.9 Å². The molecule has 0 atom stereocenters. The Kier molecular flexibility index (Phi) is 8.47. The fourth-order valence-corrected chi connectivity index (χ4v) is 5.11. The van der Waals surface area contributed by atoms with Gasteiger partial charge in [-0.2, -0.15) is 0 Å². The molecule has 0 fully saturated rings. The minimum absolute atomic E-state index is 0.0845. The first kappa shape index (κ1) is 26.2. The van der Waals surface area contributed by atoms with Crippen molar-refractivity contribution in [3.63, 3.8) is 0 Å². The standard InChI is InChI=1S/C26H26N4O5S2/c1-16-5-9-19(10-6-16)35-13-21-28-29-26(30(21)2)37-15-22(31)27-24-23(25(32)34-4)20(14-36-24)17-7-11-18(33-3)12-8-17/h5-12,14H,13,15H2,1-4H3,(H,27,31). The van der Waals surface area contributed by atoms with Gasteiger partial charge in [0.25, 0.3) is 0 Å². The monoisotopic (exact) mass is 538 g/mol. The lowest BCUT2D eigenvalue weighted by atomic mass is 10.0. The Morgan fingerprint density at radius 3 is 2.41 bits per heavy atom. The zero-order valence-electron chi connectivity index (χ0n) is 20.8. The van der Waals surface area contributed by atoms with Gasteiger partial charge in [0.1, 0.15) is 28.7 Å². The summed E-state index contributed by atoms with van der Waals surface area (Å²) in [6.45, 7) is 2.27. The first-order chi connectivity index (χ1) is 17.9. The summed E-state index contributed by atoms with van der Waals surface area (Å²) in [5.41, 5.74) is 2.95. The average molecular weight is 539 g/mol. The lowest BCUT2D eigenvalue weighted by Gasteiger charge is -2.09. The van der Waals surface area contributed by atoms with Crippen LogP contribution >= 0.6 is 23.1 Å². The Hall–Kier alpha value is -3.83. The number of carbonyl (C=O) groups excluding carboxylic acids is 2. The Bertz CT molecular complexity index is 1380. The van der Waals surface area contributed by atoms with Gasteiger partial charge in [-0.25, -0.2) is 4.79 Å². The molecule has 2 aromatic carbocycles. The fourth-order valence-electron chi connectivity index (χ4n) is 3.41. The molecule has 2 aromatic heterocycles. The lowest BCUT2D eigenvalue weighted by molar-refractivity contribution is -0.113. The van der Waals surface area contributed by atoms with Gasteiger partial charge >= 0.3 is 5.97 Å². The predicted molar refractivity (Wildman–Crippen MR) is 144 cm³/mol. The number of ether oxygens (including phenoxy) is 3. The first-order valence-corrected chi connectivity index (χ1v) is 13.1. The van der Waals surface area contributed by atoms with E-state index in [1.165, 1.54) is 30.2 Å². The highest BCUT2D eigenvalue weighted by atomic mass is 32.2. The number of hydrogen-bond donors (Lipinski definition) is 1. The van der Waals surface area contributed by atoms with Gasteiger partial charge in [-0.3, -0.25) is 4.79 Å². The van der Waals surface area contributed by atoms with Gasteiger partial charge in [-0.1, -0.05) is 41.6 Å². The van der Waals surface area contributed by atoms with Crippen molar-refractivity contribution in [1.29, 1.82) is 0 Å². The van der Waals surface area contributed by atoms with Crippen molar-refractivity contribution in [1.82, 2.24) is 14.8 Å². The van der Waals surface area contributed by atoms with E-state index in [0.29, 0.717) is 32.9 Å². The Labute approximate surface area is 222 Å². The number of carbonyl (C=O) groups is 2. The Balaban J connectivity index is 1.40. The summed E-state index contributed by atoms with van der Waals surface area (Å²) in [6.07, 6.45) is 0. The smallest absolute Gasteiger partial charge is 0.341 e. The summed E-state index contributed by atoms with van der Waals surface area (Å²) in [6, 6.07) is 15.1. The van der Waals surface area contributed by atoms with Crippen LogP contribution in [-0.4, -0.2) is 46.6 Å². The van der Waals surface area contributed by atoms with Crippen molar-refractivity contribution in [2.24, 2.45) is 7.05 Å². The highest BCUT2D eigenvalue weighted by Crippen LogP contribution is 2.37. The number of anilines is 1. The van der Waals surface area contributed by atoms with E-state index in [9.17, 15) is 9.59 Å². The molecule has 1 amide bonds. The van der Waals surface area contributed by atoms with Crippen molar-refractivity contribution in [3.8, 4) is 22.6 Å². The van der Waals surface area contributed by atoms with Gasteiger partial charge in [-0.15, -0.1) is 21.5 Å². The van der Waals surface area contributed by atoms with Gasteiger partial charge in [0, 0.05) is 18.0 Å². The highest BCUT2D eigenvalue weighted by Gasteiger charge is 2.23. The molecule has 0 aliphatic heterocycles. The molecule has 1 N–H and O–H groups in total. The maximum absolute atomic E-state index is 12.8. The minimum Gasteiger partial charge on any atom is -0.497 e. The molecule has 192 valence electrons. The molecule has 11 heteroatoms.